The van der Waals surface area contributed by atoms with Crippen LogP contribution in [0.5, 0.6) is 0 Å². The molecule has 55 heavy (non-hydrogen) atoms. The van der Waals surface area contributed by atoms with Crippen LogP contribution in [0.2, 0.25) is 0 Å². The topological polar surface area (TPSA) is 384 Å². The fraction of sp³-hybridized carbons (Fsp3) is 0.692. The van der Waals surface area contributed by atoms with Crippen molar-refractivity contribution >= 4 is 69.1 Å². The molecule has 2 aromatic rings. The van der Waals surface area contributed by atoms with E-state index in [1.165, 1.54) is 13.8 Å². The zero-order valence-electron chi connectivity index (χ0n) is 29.5. The molecule has 0 aliphatic carbocycles. The van der Waals surface area contributed by atoms with Gasteiger partial charge in [-0.05, 0) is 6.42 Å². The summed E-state index contributed by atoms with van der Waals surface area (Å²) in [5.74, 6) is -1.54. The monoisotopic (exact) mass is 867 g/mol. The summed E-state index contributed by atoms with van der Waals surface area (Å²) in [5.41, 5.74) is 4.24. The van der Waals surface area contributed by atoms with Crippen molar-refractivity contribution in [3.8, 4) is 0 Å². The fourth-order valence-corrected chi connectivity index (χ4v) is 8.37. The maximum Gasteiger partial charge on any atom is 0.481 e. The number of fused-ring (bicyclic) bond motifs is 1. The molecular formula is C26H44N7O18P3S. The minimum absolute atomic E-state index is 0.0265. The van der Waals surface area contributed by atoms with E-state index in [1.54, 1.807) is 6.92 Å². The Morgan fingerprint density at radius 2 is 1.75 bits per heavy atom. The number of nitrogens with zero attached hydrogens (tertiary/aromatic N) is 4. The number of anilines is 1. The average Bonchev–Trinajstić information content (AvgIpc) is 3.64. The smallest absolute Gasteiger partial charge is 0.396 e. The van der Waals surface area contributed by atoms with Crippen LogP contribution in [0.15, 0.2) is 12.7 Å². The van der Waals surface area contributed by atoms with Gasteiger partial charge in [-0.15, -0.1) is 0 Å². The van der Waals surface area contributed by atoms with Crippen LogP contribution in [-0.2, 0) is 50.7 Å². The van der Waals surface area contributed by atoms with Gasteiger partial charge in [0, 0.05) is 43.2 Å². The van der Waals surface area contributed by atoms with Crippen LogP contribution >= 0.6 is 35.2 Å². The summed E-state index contributed by atoms with van der Waals surface area (Å²) in [4.78, 5) is 87.3. The molecule has 3 heterocycles. The number of hydrogen-bond acceptors (Lipinski definition) is 19. The van der Waals surface area contributed by atoms with Gasteiger partial charge in [-0.3, -0.25) is 32.5 Å². The molecule has 1 saturated heterocycles. The van der Waals surface area contributed by atoms with E-state index in [4.69, 9.17) is 24.6 Å². The number of carbonyl (C=O) groups excluding carboxylic acids is 3. The number of nitrogen functional groups attached to an aromatic ring is 1. The Labute approximate surface area is 317 Å². The Morgan fingerprint density at radius 1 is 1.07 bits per heavy atom. The Bertz CT molecular complexity index is 1800. The van der Waals surface area contributed by atoms with Gasteiger partial charge in [-0.25, -0.2) is 28.6 Å². The number of phosphoric acid groups is 3. The third-order valence-corrected chi connectivity index (χ3v) is 11.9. The molecule has 2 amide bonds. The first kappa shape index (κ1) is 46.9. The number of aromatic nitrogens is 4. The van der Waals surface area contributed by atoms with Crippen LogP contribution < -0.4 is 16.4 Å². The van der Waals surface area contributed by atoms with E-state index < -0.39 is 84.6 Å². The van der Waals surface area contributed by atoms with Gasteiger partial charge in [0.05, 0.1) is 19.5 Å². The number of nitrogens with two attached hydrogens (primary N) is 1. The van der Waals surface area contributed by atoms with Crippen LogP contribution in [0, 0.1) is 11.3 Å². The number of phosphoric ester groups is 3. The second-order valence-electron chi connectivity index (χ2n) is 12.7. The number of aliphatic hydroxyl groups excluding tert-OH is 3. The molecule has 8 atom stereocenters. The van der Waals surface area contributed by atoms with Crippen molar-refractivity contribution in [2.75, 3.05) is 44.4 Å². The van der Waals surface area contributed by atoms with E-state index >= 15 is 0 Å². The molecule has 0 bridgehead atoms. The molecule has 2 aromatic heterocycles. The Morgan fingerprint density at radius 3 is 2.40 bits per heavy atom. The first-order chi connectivity index (χ1) is 25.5. The standard InChI is InChI=1S/C26H44N7O18P3S/c1-14(5-8-34)25(39)55-9-7-28-16(35)4-6-29-23(38)20(37)26(2,3)11-48-54(45,46)51-53(43,44)47-10-15-19(50-52(40,41)42)18(36)24(49-15)33-13-32-17-21(27)30-12-31-22(17)33/h12-15,18-20,24,34,36-37H,4-11H2,1-3H3,(H,28,35)(H,29,38)(H,43,44)(H,45,46)(H2,27,30,31)(H2,40,41,42)/t14?,15-,18-,19-,20+,24-/m1/s1. The maximum atomic E-state index is 12.7. The lowest BCUT2D eigenvalue weighted by Crippen LogP contribution is -2.46. The molecule has 1 aliphatic heterocycles. The summed E-state index contributed by atoms with van der Waals surface area (Å²) in [6.45, 7) is 1.96. The predicted octanol–water partition coefficient (Wildman–Crippen LogP) is -1.32. The minimum Gasteiger partial charge on any atom is -0.396 e. The van der Waals surface area contributed by atoms with E-state index in [0.29, 0.717) is 12.2 Å². The van der Waals surface area contributed by atoms with Crippen LogP contribution in [0.25, 0.3) is 11.2 Å². The number of amides is 2. The highest BCUT2D eigenvalue weighted by molar-refractivity contribution is 8.13. The largest absolute Gasteiger partial charge is 0.481 e. The third kappa shape index (κ3) is 14.1. The number of rotatable bonds is 22. The highest BCUT2D eigenvalue weighted by Gasteiger charge is 2.50. The molecular weight excluding hydrogens is 823 g/mol. The summed E-state index contributed by atoms with van der Waals surface area (Å²) in [6, 6.07) is 0. The number of carbonyl (C=O) groups is 3. The first-order valence-electron chi connectivity index (χ1n) is 16.1. The summed E-state index contributed by atoms with van der Waals surface area (Å²) >= 11 is 1.01. The van der Waals surface area contributed by atoms with E-state index in [0.717, 1.165) is 29.0 Å². The second kappa shape index (κ2) is 19.8. The second-order valence-corrected chi connectivity index (χ2v) is 18.0. The Kier molecular flexibility index (Phi) is 16.9. The van der Waals surface area contributed by atoms with Crippen LogP contribution in [0.4, 0.5) is 5.82 Å². The molecule has 312 valence electrons. The van der Waals surface area contributed by atoms with Gasteiger partial charge in [0.15, 0.2) is 22.8 Å². The number of aliphatic hydroxyl groups is 3. The van der Waals surface area contributed by atoms with Gasteiger partial charge in [0.1, 0.15) is 36.3 Å². The summed E-state index contributed by atoms with van der Waals surface area (Å²) < 4.78 is 62.0. The molecule has 3 rings (SSSR count). The molecule has 0 aromatic carbocycles. The summed E-state index contributed by atoms with van der Waals surface area (Å²) in [5, 5.41) is 35.1. The molecule has 25 nitrogen and oxygen atoms in total. The highest BCUT2D eigenvalue weighted by atomic mass is 32.2. The minimum atomic E-state index is -5.57. The Hall–Kier alpha value is -2.48. The fourth-order valence-electron chi connectivity index (χ4n) is 4.74. The molecule has 0 saturated carbocycles. The summed E-state index contributed by atoms with van der Waals surface area (Å²) in [7, 11) is -16.4. The number of hydrogen-bond donors (Lipinski definition) is 10. The molecule has 1 aliphatic rings. The zero-order valence-corrected chi connectivity index (χ0v) is 33.0. The van der Waals surface area contributed by atoms with E-state index in [1.807, 2.05) is 0 Å². The number of nitrogens with one attached hydrogen (secondary N) is 2. The van der Waals surface area contributed by atoms with Gasteiger partial charge < -0.3 is 56.0 Å². The van der Waals surface area contributed by atoms with Crippen molar-refractivity contribution in [1.82, 2.24) is 30.2 Å². The maximum absolute atomic E-state index is 12.7. The normalized spacial score (nSPS) is 22.4. The molecule has 3 unspecified atom stereocenters. The Balaban J connectivity index is 1.50. The van der Waals surface area contributed by atoms with Gasteiger partial charge in [0.25, 0.3) is 0 Å². The van der Waals surface area contributed by atoms with Crippen LogP contribution in [0.1, 0.15) is 39.8 Å². The lowest BCUT2D eigenvalue weighted by molar-refractivity contribution is -0.137. The van der Waals surface area contributed by atoms with Crippen molar-refractivity contribution < 1.29 is 85.6 Å². The summed E-state index contributed by atoms with van der Waals surface area (Å²) in [6.07, 6.45) is -6.64. The van der Waals surface area contributed by atoms with Gasteiger partial charge >= 0.3 is 23.5 Å². The number of imidazole rings is 1. The van der Waals surface area contributed by atoms with Crippen molar-refractivity contribution in [2.45, 2.75) is 64.3 Å². The molecule has 0 spiro atoms. The van der Waals surface area contributed by atoms with E-state index in [9.17, 15) is 57.9 Å². The van der Waals surface area contributed by atoms with Crippen LogP contribution in [-0.4, -0.2) is 134 Å². The molecule has 0 radical (unpaired) electrons. The SMILES string of the molecule is CC(CCO)C(=O)SCCNC(=O)CCNC(=O)[C@H](O)C(C)(C)COP(=O)(O)OP(=O)(O)OC[C@H]1O[C@@H](n2cnc3c(N)ncnc32)[C@H](O)[C@@H]1OP(=O)(O)O. The van der Waals surface area contributed by atoms with Gasteiger partial charge in [0.2, 0.25) is 11.8 Å². The third-order valence-electron chi connectivity index (χ3n) is 7.71. The average molecular weight is 868 g/mol. The van der Waals surface area contributed by atoms with Crippen molar-refractivity contribution in [2.24, 2.45) is 11.3 Å². The lowest BCUT2D eigenvalue weighted by atomic mass is 9.87. The number of thioether (sulfide) groups is 1. The van der Waals surface area contributed by atoms with Crippen molar-refractivity contribution in [3.05, 3.63) is 12.7 Å². The quantitative estimate of drug-likeness (QED) is 0.0485. The predicted molar refractivity (Wildman–Crippen MR) is 188 cm³/mol. The van der Waals surface area contributed by atoms with Gasteiger partial charge in [-0.2, -0.15) is 4.31 Å². The number of ether oxygens (including phenoxy) is 1. The first-order valence-corrected chi connectivity index (χ1v) is 21.6. The van der Waals surface area contributed by atoms with E-state index in [-0.39, 0.29) is 54.1 Å². The lowest BCUT2D eigenvalue weighted by Gasteiger charge is -2.30. The molecule has 1 fully saturated rings. The zero-order chi connectivity index (χ0) is 41.4. The molecule has 11 N–H and O–H groups in total. The van der Waals surface area contributed by atoms with E-state index in [2.05, 4.69) is 34.4 Å². The van der Waals surface area contributed by atoms with Crippen LogP contribution in [0.3, 0.4) is 0 Å². The molecule has 29 heteroatoms. The van der Waals surface area contributed by atoms with Crippen molar-refractivity contribution in [3.63, 3.8) is 0 Å². The van der Waals surface area contributed by atoms with Crippen molar-refractivity contribution in [1.29, 1.82) is 0 Å². The highest BCUT2D eigenvalue weighted by Crippen LogP contribution is 2.61. The van der Waals surface area contributed by atoms with Gasteiger partial charge in [-0.1, -0.05) is 32.5 Å².